The highest BCUT2D eigenvalue weighted by atomic mass is 16.6. The first-order chi connectivity index (χ1) is 15.0. The average molecular weight is 416 g/mol. The Morgan fingerprint density at radius 2 is 1.45 bits per heavy atom. The van der Waals surface area contributed by atoms with Crippen LogP contribution in [0.1, 0.15) is 0 Å². The van der Waals surface area contributed by atoms with E-state index < -0.39 is 4.92 Å². The molecule has 0 unspecified atom stereocenters. The zero-order valence-corrected chi connectivity index (χ0v) is 16.8. The highest BCUT2D eigenvalue weighted by Crippen LogP contribution is 2.37. The third kappa shape index (κ3) is 3.91. The summed E-state index contributed by atoms with van der Waals surface area (Å²) < 4.78 is 10.5. The van der Waals surface area contributed by atoms with E-state index in [2.05, 4.69) is 9.97 Å². The minimum absolute atomic E-state index is 0.128. The maximum Gasteiger partial charge on any atom is 0.270 e. The van der Waals surface area contributed by atoms with Crippen molar-refractivity contribution in [2.45, 2.75) is 0 Å². The molecule has 0 amide bonds. The summed E-state index contributed by atoms with van der Waals surface area (Å²) in [7, 11) is 3.17. The molecule has 156 valence electrons. The quantitative estimate of drug-likeness (QED) is 0.368. The van der Waals surface area contributed by atoms with Gasteiger partial charge in [-0.3, -0.25) is 10.1 Å². The third-order valence-electron chi connectivity index (χ3n) is 4.88. The number of non-ortho nitro benzene ring substituents is 1. The van der Waals surface area contributed by atoms with Gasteiger partial charge in [-0.2, -0.15) is 0 Å². The van der Waals surface area contributed by atoms with Crippen molar-refractivity contribution < 1.29 is 19.5 Å². The molecule has 8 nitrogen and oxygen atoms in total. The molecular weight excluding hydrogens is 398 g/mol. The Morgan fingerprint density at radius 3 is 2.00 bits per heavy atom. The molecule has 8 heteroatoms. The van der Waals surface area contributed by atoms with Gasteiger partial charge >= 0.3 is 0 Å². The van der Waals surface area contributed by atoms with E-state index in [-0.39, 0.29) is 22.8 Å². The van der Waals surface area contributed by atoms with Gasteiger partial charge in [0.15, 0.2) is 0 Å². The van der Waals surface area contributed by atoms with Gasteiger partial charge in [0.05, 0.1) is 30.5 Å². The molecule has 0 fully saturated rings. The van der Waals surface area contributed by atoms with Crippen LogP contribution in [0.3, 0.4) is 0 Å². The number of nitrogens with zero attached hydrogens (tertiary/aromatic N) is 2. The van der Waals surface area contributed by atoms with Crippen LogP contribution in [-0.2, 0) is 0 Å². The lowest BCUT2D eigenvalue weighted by molar-refractivity contribution is -0.385. The maximum atomic E-state index is 12.4. The summed E-state index contributed by atoms with van der Waals surface area (Å²) in [6, 6.07) is 18.3. The van der Waals surface area contributed by atoms with Gasteiger partial charge in [-0.25, -0.2) is 4.98 Å². The number of aromatic nitrogens is 2. The van der Waals surface area contributed by atoms with Gasteiger partial charge in [-0.05, 0) is 48.5 Å². The van der Waals surface area contributed by atoms with Crippen LogP contribution >= 0.6 is 0 Å². The highest BCUT2D eigenvalue weighted by molar-refractivity contribution is 5.82. The van der Waals surface area contributed by atoms with Gasteiger partial charge < -0.3 is 19.6 Å². The Kier molecular flexibility index (Phi) is 5.28. The number of nitro benzene ring substituents is 1. The minimum Gasteiger partial charge on any atom is -0.872 e. The van der Waals surface area contributed by atoms with Gasteiger partial charge in [-0.15, -0.1) is 0 Å². The van der Waals surface area contributed by atoms with E-state index in [1.165, 1.54) is 18.2 Å². The number of imidazole rings is 1. The largest absolute Gasteiger partial charge is 0.872 e. The molecule has 31 heavy (non-hydrogen) atoms. The van der Waals surface area contributed by atoms with Crippen LogP contribution in [0.2, 0.25) is 0 Å². The predicted molar refractivity (Wildman–Crippen MR) is 114 cm³/mol. The first kappa shape index (κ1) is 20.0. The molecule has 1 N–H and O–H groups in total. The number of H-pyrrole nitrogens is 1. The Labute approximate surface area is 177 Å². The number of benzene rings is 3. The summed E-state index contributed by atoms with van der Waals surface area (Å²) in [5.41, 5.74) is 2.85. The first-order valence-corrected chi connectivity index (χ1v) is 9.35. The number of hydrogen-bond donors (Lipinski definition) is 1. The minimum atomic E-state index is -0.541. The van der Waals surface area contributed by atoms with E-state index in [0.717, 1.165) is 11.1 Å². The molecule has 0 saturated heterocycles. The lowest BCUT2D eigenvalue weighted by Gasteiger charge is -2.10. The molecule has 0 atom stereocenters. The number of hydrogen-bond acceptors (Lipinski definition) is 6. The molecule has 4 rings (SSSR count). The molecule has 3 aromatic carbocycles. The monoisotopic (exact) mass is 416 g/mol. The van der Waals surface area contributed by atoms with Crippen molar-refractivity contribution in [1.29, 1.82) is 0 Å². The smallest absolute Gasteiger partial charge is 0.270 e. The van der Waals surface area contributed by atoms with E-state index >= 15 is 0 Å². The second kappa shape index (κ2) is 8.19. The molecule has 0 aliphatic heterocycles. The summed E-state index contributed by atoms with van der Waals surface area (Å²) in [5.74, 6) is 1.30. The molecule has 0 saturated carbocycles. The van der Waals surface area contributed by atoms with Gasteiger partial charge in [0, 0.05) is 28.8 Å². The molecular formula is C23H18N3O5-. The fourth-order valence-electron chi connectivity index (χ4n) is 3.24. The summed E-state index contributed by atoms with van der Waals surface area (Å²) >= 11 is 0. The molecule has 1 heterocycles. The van der Waals surface area contributed by atoms with Crippen molar-refractivity contribution >= 4 is 5.69 Å². The van der Waals surface area contributed by atoms with Crippen LogP contribution in [-0.4, -0.2) is 29.1 Å². The van der Waals surface area contributed by atoms with Crippen molar-refractivity contribution in [2.24, 2.45) is 0 Å². The number of ether oxygens (including phenoxy) is 2. The average Bonchev–Trinajstić information content (AvgIpc) is 3.24. The van der Waals surface area contributed by atoms with Crippen LogP contribution in [0, 0.1) is 10.1 Å². The van der Waals surface area contributed by atoms with Crippen molar-refractivity contribution in [1.82, 2.24) is 9.97 Å². The SMILES string of the molecule is COc1ccc(-c2nc(-c3cc([N+](=O)[O-])ccc3[O-])[nH]c2-c2ccc(OC)cc2)cc1. The zero-order chi connectivity index (χ0) is 22.0. The molecule has 0 aliphatic carbocycles. The van der Waals surface area contributed by atoms with E-state index in [4.69, 9.17) is 9.47 Å². The number of rotatable bonds is 6. The third-order valence-corrected chi connectivity index (χ3v) is 4.88. The van der Waals surface area contributed by atoms with Crippen LogP contribution in [0.15, 0.2) is 66.7 Å². The molecule has 1 aromatic heterocycles. The molecule has 0 spiro atoms. The Morgan fingerprint density at radius 1 is 0.871 bits per heavy atom. The summed E-state index contributed by atoms with van der Waals surface area (Å²) in [5, 5.41) is 23.6. The van der Waals surface area contributed by atoms with E-state index in [0.29, 0.717) is 22.9 Å². The van der Waals surface area contributed by atoms with Crippen molar-refractivity contribution in [2.75, 3.05) is 14.2 Å². The van der Waals surface area contributed by atoms with Crippen molar-refractivity contribution in [3.05, 3.63) is 76.8 Å². The summed E-state index contributed by atoms with van der Waals surface area (Å²) in [4.78, 5) is 18.5. The van der Waals surface area contributed by atoms with E-state index in [1.807, 2.05) is 48.5 Å². The van der Waals surface area contributed by atoms with Gasteiger partial charge in [-0.1, -0.05) is 11.8 Å². The standard InChI is InChI=1S/C23H19N3O5/c1-30-17-8-3-14(4-9-17)21-22(15-5-10-18(31-2)11-6-15)25-23(24-21)19-13-16(26(28)29)7-12-20(19)27/h3-13,27H,1-2H3,(H,24,25)/p-1. The molecule has 0 bridgehead atoms. The Hall–Kier alpha value is -4.33. The zero-order valence-electron chi connectivity index (χ0n) is 16.8. The van der Waals surface area contributed by atoms with Crippen molar-refractivity contribution in [3.63, 3.8) is 0 Å². The van der Waals surface area contributed by atoms with Gasteiger partial charge in [0.1, 0.15) is 17.3 Å². The van der Waals surface area contributed by atoms with Crippen LogP contribution in [0.25, 0.3) is 33.9 Å². The topological polar surface area (TPSA) is 113 Å². The first-order valence-electron chi connectivity index (χ1n) is 9.35. The van der Waals surface area contributed by atoms with Crippen LogP contribution in [0.4, 0.5) is 5.69 Å². The number of nitro groups is 1. The fourth-order valence-corrected chi connectivity index (χ4v) is 3.24. The van der Waals surface area contributed by atoms with E-state index in [1.54, 1.807) is 14.2 Å². The number of methoxy groups -OCH3 is 2. The predicted octanol–water partition coefficient (Wildman–Crippen LogP) is 4.41. The van der Waals surface area contributed by atoms with Crippen LogP contribution in [0.5, 0.6) is 17.2 Å². The lowest BCUT2D eigenvalue weighted by atomic mass is 10.0. The van der Waals surface area contributed by atoms with Crippen LogP contribution < -0.4 is 14.6 Å². The van der Waals surface area contributed by atoms with E-state index in [9.17, 15) is 15.2 Å². The Bertz CT molecular complexity index is 1170. The Balaban J connectivity index is 1.89. The molecule has 4 aromatic rings. The lowest BCUT2D eigenvalue weighted by Crippen LogP contribution is -1.96. The van der Waals surface area contributed by atoms with Gasteiger partial charge in [0.2, 0.25) is 0 Å². The fraction of sp³-hybridized carbons (Fsp3) is 0.0870. The van der Waals surface area contributed by atoms with Crippen molar-refractivity contribution in [3.8, 4) is 51.2 Å². The molecule has 0 radical (unpaired) electrons. The summed E-state index contributed by atoms with van der Waals surface area (Å²) in [6.07, 6.45) is 0. The highest BCUT2D eigenvalue weighted by Gasteiger charge is 2.18. The summed E-state index contributed by atoms with van der Waals surface area (Å²) in [6.45, 7) is 0. The second-order valence-corrected chi connectivity index (χ2v) is 6.70. The number of aromatic amines is 1. The number of nitrogens with one attached hydrogen (secondary N) is 1. The normalized spacial score (nSPS) is 10.6. The maximum absolute atomic E-state index is 12.4. The molecule has 0 aliphatic rings. The van der Waals surface area contributed by atoms with Gasteiger partial charge in [0.25, 0.3) is 5.69 Å². The second-order valence-electron chi connectivity index (χ2n) is 6.70.